The van der Waals surface area contributed by atoms with Crippen LogP contribution in [0.5, 0.6) is 17.2 Å². The molecule has 1 heterocycles. The minimum Gasteiger partial charge on any atom is -0.492 e. The molecule has 0 aromatic heterocycles. The van der Waals surface area contributed by atoms with E-state index < -0.39 is 0 Å². The van der Waals surface area contributed by atoms with Crippen LogP contribution < -0.4 is 19.5 Å². The van der Waals surface area contributed by atoms with Crippen molar-refractivity contribution in [2.75, 3.05) is 26.8 Å². The summed E-state index contributed by atoms with van der Waals surface area (Å²) in [6.07, 6.45) is 1.96. The molecule has 4 heteroatoms. The van der Waals surface area contributed by atoms with Gasteiger partial charge in [0.2, 0.25) is 0 Å². The fourth-order valence-electron chi connectivity index (χ4n) is 2.59. The van der Waals surface area contributed by atoms with Crippen molar-refractivity contribution >= 4 is 0 Å². The fraction of sp³-hybridized carbons (Fsp3) is 0.368. The molecule has 0 fully saturated rings. The maximum atomic E-state index is 6.00. The maximum absolute atomic E-state index is 6.00. The highest BCUT2D eigenvalue weighted by atomic mass is 16.6. The van der Waals surface area contributed by atoms with E-state index in [4.69, 9.17) is 14.2 Å². The molecule has 0 unspecified atom stereocenters. The lowest BCUT2D eigenvalue weighted by molar-refractivity contribution is 0.0851. The number of likely N-dealkylation sites (N-methyl/N-ethyl adjacent to an activating group) is 1. The van der Waals surface area contributed by atoms with Gasteiger partial charge in [0.25, 0.3) is 0 Å². The number of ether oxygens (including phenoxy) is 3. The van der Waals surface area contributed by atoms with Crippen LogP contribution >= 0.6 is 0 Å². The van der Waals surface area contributed by atoms with E-state index in [0.717, 1.165) is 36.6 Å². The van der Waals surface area contributed by atoms with Gasteiger partial charge in [-0.15, -0.1) is 0 Å². The zero-order valence-electron chi connectivity index (χ0n) is 13.5. The van der Waals surface area contributed by atoms with E-state index in [-0.39, 0.29) is 6.10 Å². The van der Waals surface area contributed by atoms with Crippen molar-refractivity contribution in [1.82, 2.24) is 5.32 Å². The molecule has 0 radical (unpaired) electrons. The van der Waals surface area contributed by atoms with Crippen LogP contribution in [0.2, 0.25) is 0 Å². The first-order valence-electron chi connectivity index (χ1n) is 8.10. The summed E-state index contributed by atoms with van der Waals surface area (Å²) in [6, 6.07) is 16.1. The number of hydrogen-bond acceptors (Lipinski definition) is 4. The van der Waals surface area contributed by atoms with E-state index in [1.807, 2.05) is 43.4 Å². The minimum absolute atomic E-state index is 0.0961. The van der Waals surface area contributed by atoms with Gasteiger partial charge in [-0.1, -0.05) is 24.3 Å². The smallest absolute Gasteiger partial charge is 0.161 e. The highest BCUT2D eigenvalue weighted by Gasteiger charge is 2.20. The molecule has 2 aromatic rings. The Labute approximate surface area is 137 Å². The Morgan fingerprint density at radius 3 is 2.87 bits per heavy atom. The average Bonchev–Trinajstić information content (AvgIpc) is 2.60. The number of hydrogen-bond donors (Lipinski definition) is 1. The molecule has 2 aromatic carbocycles. The quantitative estimate of drug-likeness (QED) is 0.798. The van der Waals surface area contributed by atoms with Crippen molar-refractivity contribution in [1.29, 1.82) is 0 Å². The summed E-state index contributed by atoms with van der Waals surface area (Å²) < 4.78 is 17.5. The highest BCUT2D eigenvalue weighted by molar-refractivity contribution is 5.40. The van der Waals surface area contributed by atoms with Crippen LogP contribution in [-0.2, 0) is 6.42 Å². The van der Waals surface area contributed by atoms with Gasteiger partial charge in [0.1, 0.15) is 25.1 Å². The highest BCUT2D eigenvalue weighted by Crippen LogP contribution is 2.31. The van der Waals surface area contributed by atoms with Gasteiger partial charge in [-0.3, -0.25) is 0 Å². The predicted molar refractivity (Wildman–Crippen MR) is 90.5 cm³/mol. The molecule has 1 atom stereocenters. The Balaban J connectivity index is 1.52. The molecule has 1 N–H and O–H groups in total. The van der Waals surface area contributed by atoms with E-state index in [1.54, 1.807) is 0 Å². The van der Waals surface area contributed by atoms with Gasteiger partial charge in [0.15, 0.2) is 11.5 Å². The molecular weight excluding hydrogens is 290 g/mol. The van der Waals surface area contributed by atoms with E-state index in [1.165, 1.54) is 5.56 Å². The topological polar surface area (TPSA) is 39.7 Å². The average molecular weight is 313 g/mol. The molecule has 1 aliphatic heterocycles. The first-order valence-corrected chi connectivity index (χ1v) is 8.10. The standard InChI is InChI=1S/C19H23NO3/c1-20-11-12-21-16-6-4-5-15(13-16)9-10-17-14-22-18-7-2-3-8-19(18)23-17/h2-8,13,17,20H,9-12,14H2,1H3/t17-/m1/s1. The molecular formula is C19H23NO3. The zero-order valence-corrected chi connectivity index (χ0v) is 13.5. The maximum Gasteiger partial charge on any atom is 0.161 e. The van der Waals surface area contributed by atoms with Gasteiger partial charge in [0.05, 0.1) is 0 Å². The summed E-state index contributed by atoms with van der Waals surface area (Å²) >= 11 is 0. The number of para-hydroxylation sites is 2. The lowest BCUT2D eigenvalue weighted by atomic mass is 10.1. The molecule has 1 aliphatic rings. The summed E-state index contributed by atoms with van der Waals surface area (Å²) in [7, 11) is 1.92. The van der Waals surface area contributed by atoms with Gasteiger partial charge >= 0.3 is 0 Å². The van der Waals surface area contributed by atoms with Crippen molar-refractivity contribution < 1.29 is 14.2 Å². The van der Waals surface area contributed by atoms with Crippen LogP contribution in [-0.4, -0.2) is 32.9 Å². The predicted octanol–water partition coefficient (Wildman–Crippen LogP) is 3.06. The molecule has 0 spiro atoms. The van der Waals surface area contributed by atoms with E-state index >= 15 is 0 Å². The molecule has 0 amide bonds. The summed E-state index contributed by atoms with van der Waals surface area (Å²) in [6.45, 7) is 2.13. The number of nitrogens with one attached hydrogen (secondary N) is 1. The molecule has 122 valence electrons. The van der Waals surface area contributed by atoms with Crippen molar-refractivity contribution in [3.8, 4) is 17.2 Å². The van der Waals surface area contributed by atoms with E-state index in [0.29, 0.717) is 13.2 Å². The van der Waals surface area contributed by atoms with Crippen LogP contribution in [0, 0.1) is 0 Å². The van der Waals surface area contributed by atoms with Gasteiger partial charge in [-0.05, 0) is 49.7 Å². The Kier molecular flexibility index (Phi) is 5.37. The van der Waals surface area contributed by atoms with Crippen LogP contribution in [0.1, 0.15) is 12.0 Å². The van der Waals surface area contributed by atoms with Gasteiger partial charge in [-0.2, -0.15) is 0 Å². The number of benzene rings is 2. The number of aryl methyl sites for hydroxylation is 1. The van der Waals surface area contributed by atoms with Crippen molar-refractivity contribution in [2.24, 2.45) is 0 Å². The van der Waals surface area contributed by atoms with Crippen molar-refractivity contribution in [3.63, 3.8) is 0 Å². The third kappa shape index (κ3) is 4.39. The van der Waals surface area contributed by atoms with E-state index in [9.17, 15) is 0 Å². The lowest BCUT2D eigenvalue weighted by Gasteiger charge is -2.26. The van der Waals surface area contributed by atoms with Crippen molar-refractivity contribution in [2.45, 2.75) is 18.9 Å². The third-order valence-electron chi connectivity index (χ3n) is 3.84. The number of fused-ring (bicyclic) bond motifs is 1. The largest absolute Gasteiger partial charge is 0.492 e. The Bertz CT molecular complexity index is 630. The van der Waals surface area contributed by atoms with Crippen LogP contribution in [0.3, 0.4) is 0 Å². The minimum atomic E-state index is 0.0961. The molecule has 4 nitrogen and oxygen atoms in total. The lowest BCUT2D eigenvalue weighted by Crippen LogP contribution is -2.29. The Morgan fingerprint density at radius 2 is 2.00 bits per heavy atom. The third-order valence-corrected chi connectivity index (χ3v) is 3.84. The zero-order chi connectivity index (χ0) is 15.9. The molecule has 0 saturated carbocycles. The Morgan fingerprint density at radius 1 is 1.13 bits per heavy atom. The number of rotatable bonds is 7. The van der Waals surface area contributed by atoms with Gasteiger partial charge < -0.3 is 19.5 Å². The Hall–Kier alpha value is -2.20. The van der Waals surface area contributed by atoms with Gasteiger partial charge in [0, 0.05) is 6.54 Å². The van der Waals surface area contributed by atoms with Crippen LogP contribution in [0.15, 0.2) is 48.5 Å². The molecule has 23 heavy (non-hydrogen) atoms. The normalized spacial score (nSPS) is 16.1. The fourth-order valence-corrected chi connectivity index (χ4v) is 2.59. The molecule has 0 bridgehead atoms. The first-order chi connectivity index (χ1) is 11.3. The molecule has 0 saturated heterocycles. The van der Waals surface area contributed by atoms with Gasteiger partial charge in [-0.25, -0.2) is 0 Å². The van der Waals surface area contributed by atoms with E-state index in [2.05, 4.69) is 17.4 Å². The second-order valence-electron chi connectivity index (χ2n) is 5.64. The summed E-state index contributed by atoms with van der Waals surface area (Å²) in [5, 5.41) is 3.07. The second-order valence-corrected chi connectivity index (χ2v) is 5.64. The first kappa shape index (κ1) is 15.7. The summed E-state index contributed by atoms with van der Waals surface area (Å²) in [4.78, 5) is 0. The molecule has 0 aliphatic carbocycles. The van der Waals surface area contributed by atoms with Crippen LogP contribution in [0.25, 0.3) is 0 Å². The SMILES string of the molecule is CNCCOc1cccc(CC[C@@H]2COc3ccccc3O2)c1. The van der Waals surface area contributed by atoms with Crippen molar-refractivity contribution in [3.05, 3.63) is 54.1 Å². The monoisotopic (exact) mass is 313 g/mol. The molecule has 3 rings (SSSR count). The summed E-state index contributed by atoms with van der Waals surface area (Å²) in [5.41, 5.74) is 1.26. The summed E-state index contributed by atoms with van der Waals surface area (Å²) in [5.74, 6) is 2.60. The second kappa shape index (κ2) is 7.88. The van der Waals surface area contributed by atoms with Crippen LogP contribution in [0.4, 0.5) is 0 Å².